The molecule has 1 aliphatic rings. The van der Waals surface area contributed by atoms with Crippen LogP contribution in [0.15, 0.2) is 18.5 Å². The highest BCUT2D eigenvalue weighted by molar-refractivity contribution is 6.20. The summed E-state index contributed by atoms with van der Waals surface area (Å²) in [6.45, 7) is 7.63. The highest BCUT2D eigenvalue weighted by Gasteiger charge is 2.22. The lowest BCUT2D eigenvalue weighted by Gasteiger charge is -2.25. The SMILES string of the molecule is CC(Cl)c1nc2cnccc2n1CC(C)N1CCCC1. The van der Waals surface area contributed by atoms with E-state index in [1.807, 2.05) is 25.4 Å². The van der Waals surface area contributed by atoms with E-state index in [0.29, 0.717) is 6.04 Å². The smallest absolute Gasteiger partial charge is 0.127 e. The Morgan fingerprint density at radius 1 is 1.30 bits per heavy atom. The number of hydrogen-bond acceptors (Lipinski definition) is 3. The molecule has 0 aliphatic carbocycles. The molecule has 2 aromatic rings. The normalized spacial score (nSPS) is 19.6. The van der Waals surface area contributed by atoms with Gasteiger partial charge in [0.15, 0.2) is 0 Å². The van der Waals surface area contributed by atoms with Gasteiger partial charge in [0.1, 0.15) is 11.3 Å². The topological polar surface area (TPSA) is 34.0 Å². The molecule has 0 radical (unpaired) electrons. The van der Waals surface area contributed by atoms with Crippen molar-refractivity contribution in [3.05, 3.63) is 24.3 Å². The van der Waals surface area contributed by atoms with E-state index in [-0.39, 0.29) is 5.38 Å². The zero-order valence-electron chi connectivity index (χ0n) is 12.1. The first kappa shape index (κ1) is 13.8. The van der Waals surface area contributed by atoms with Crippen LogP contribution < -0.4 is 0 Å². The number of fused-ring (bicyclic) bond motifs is 1. The van der Waals surface area contributed by atoms with Gasteiger partial charge in [0.05, 0.1) is 17.1 Å². The van der Waals surface area contributed by atoms with Crippen LogP contribution in [0.1, 0.15) is 37.9 Å². The molecule has 3 heterocycles. The predicted molar refractivity (Wildman–Crippen MR) is 82.1 cm³/mol. The summed E-state index contributed by atoms with van der Waals surface area (Å²) in [6, 6.07) is 2.54. The molecule has 0 N–H and O–H groups in total. The fraction of sp³-hybridized carbons (Fsp3) is 0.600. The van der Waals surface area contributed by atoms with Crippen molar-refractivity contribution >= 4 is 22.6 Å². The van der Waals surface area contributed by atoms with Gasteiger partial charge in [0, 0.05) is 18.8 Å². The van der Waals surface area contributed by atoms with E-state index in [4.69, 9.17) is 11.6 Å². The van der Waals surface area contributed by atoms with Crippen LogP contribution in [0.2, 0.25) is 0 Å². The summed E-state index contributed by atoms with van der Waals surface area (Å²) in [5.41, 5.74) is 2.07. The number of aromatic nitrogens is 3. The first-order chi connectivity index (χ1) is 9.66. The highest BCUT2D eigenvalue weighted by atomic mass is 35.5. The third-order valence-corrected chi connectivity index (χ3v) is 4.34. The summed E-state index contributed by atoms with van der Waals surface area (Å²) in [6.07, 6.45) is 6.27. The fourth-order valence-electron chi connectivity index (χ4n) is 3.06. The minimum absolute atomic E-state index is 0.0896. The summed E-state index contributed by atoms with van der Waals surface area (Å²) in [7, 11) is 0. The molecule has 1 aliphatic heterocycles. The quantitative estimate of drug-likeness (QED) is 0.812. The third kappa shape index (κ3) is 2.54. The molecule has 1 saturated heterocycles. The molecular formula is C15H21ClN4. The van der Waals surface area contributed by atoms with Crippen LogP contribution >= 0.6 is 11.6 Å². The van der Waals surface area contributed by atoms with E-state index in [1.165, 1.54) is 25.9 Å². The number of rotatable bonds is 4. The molecule has 0 amide bonds. The molecular weight excluding hydrogens is 272 g/mol. The molecule has 1 fully saturated rings. The monoisotopic (exact) mass is 292 g/mol. The lowest BCUT2D eigenvalue weighted by atomic mass is 10.2. The number of likely N-dealkylation sites (tertiary alicyclic amines) is 1. The van der Waals surface area contributed by atoms with Crippen molar-refractivity contribution in [2.75, 3.05) is 13.1 Å². The Balaban J connectivity index is 1.94. The van der Waals surface area contributed by atoms with Crippen molar-refractivity contribution in [3.8, 4) is 0 Å². The molecule has 2 atom stereocenters. The molecule has 2 unspecified atom stereocenters. The maximum atomic E-state index is 6.31. The summed E-state index contributed by atoms with van der Waals surface area (Å²) >= 11 is 6.31. The zero-order valence-corrected chi connectivity index (χ0v) is 12.8. The Morgan fingerprint density at radius 3 is 2.75 bits per heavy atom. The van der Waals surface area contributed by atoms with E-state index in [2.05, 4.69) is 26.4 Å². The first-order valence-corrected chi connectivity index (χ1v) is 7.78. The van der Waals surface area contributed by atoms with Gasteiger partial charge in [-0.15, -0.1) is 11.6 Å². The molecule has 108 valence electrons. The number of imidazole rings is 1. The van der Waals surface area contributed by atoms with Crippen LogP contribution in [-0.2, 0) is 6.54 Å². The van der Waals surface area contributed by atoms with Crippen LogP contribution in [-0.4, -0.2) is 38.6 Å². The predicted octanol–water partition coefficient (Wildman–Crippen LogP) is 3.22. The van der Waals surface area contributed by atoms with E-state index in [9.17, 15) is 0 Å². The molecule has 3 rings (SSSR count). The van der Waals surface area contributed by atoms with E-state index in [0.717, 1.165) is 23.4 Å². The summed E-state index contributed by atoms with van der Waals surface area (Å²) in [4.78, 5) is 11.3. The van der Waals surface area contributed by atoms with E-state index < -0.39 is 0 Å². The second kappa shape index (κ2) is 5.70. The van der Waals surface area contributed by atoms with Gasteiger partial charge >= 0.3 is 0 Å². The minimum Gasteiger partial charge on any atom is -0.325 e. The number of halogens is 1. The summed E-state index contributed by atoms with van der Waals surface area (Å²) in [5, 5.41) is -0.0896. The van der Waals surface area contributed by atoms with Crippen LogP contribution in [0.25, 0.3) is 11.0 Å². The van der Waals surface area contributed by atoms with Gasteiger partial charge in [-0.25, -0.2) is 4.98 Å². The molecule has 0 bridgehead atoms. The van der Waals surface area contributed by atoms with Gasteiger partial charge in [-0.05, 0) is 45.8 Å². The Kier molecular flexibility index (Phi) is 3.94. The van der Waals surface area contributed by atoms with Crippen molar-refractivity contribution in [2.24, 2.45) is 0 Å². The average molecular weight is 293 g/mol. The van der Waals surface area contributed by atoms with E-state index >= 15 is 0 Å². The molecule has 2 aromatic heterocycles. The standard InChI is InChI=1S/C15H21ClN4/c1-11(19-7-3-4-8-19)10-20-14-5-6-17-9-13(14)18-15(20)12(2)16/h5-6,9,11-12H,3-4,7-8,10H2,1-2H3. The third-order valence-electron chi connectivity index (χ3n) is 4.15. The van der Waals surface area contributed by atoms with Crippen molar-refractivity contribution < 1.29 is 0 Å². The number of pyridine rings is 1. The Hall–Kier alpha value is -1.13. The second-order valence-corrected chi connectivity index (χ2v) is 6.31. The van der Waals surface area contributed by atoms with Gasteiger partial charge in [-0.1, -0.05) is 0 Å². The molecule has 0 spiro atoms. The Labute approximate surface area is 124 Å². The Bertz CT molecular complexity index is 587. The largest absolute Gasteiger partial charge is 0.325 e. The lowest BCUT2D eigenvalue weighted by Crippen LogP contribution is -2.34. The van der Waals surface area contributed by atoms with Crippen LogP contribution in [0.5, 0.6) is 0 Å². The van der Waals surface area contributed by atoms with Crippen LogP contribution in [0.4, 0.5) is 0 Å². The van der Waals surface area contributed by atoms with E-state index in [1.54, 1.807) is 0 Å². The van der Waals surface area contributed by atoms with Gasteiger partial charge < -0.3 is 4.57 Å². The molecule has 0 saturated carbocycles. The number of nitrogens with zero attached hydrogens (tertiary/aromatic N) is 4. The fourth-order valence-corrected chi connectivity index (χ4v) is 3.22. The number of alkyl halides is 1. The van der Waals surface area contributed by atoms with Crippen molar-refractivity contribution in [3.63, 3.8) is 0 Å². The molecule has 0 aromatic carbocycles. The van der Waals surface area contributed by atoms with Gasteiger partial charge in [0.2, 0.25) is 0 Å². The lowest BCUT2D eigenvalue weighted by molar-refractivity contribution is 0.236. The van der Waals surface area contributed by atoms with Crippen molar-refractivity contribution in [1.29, 1.82) is 0 Å². The first-order valence-electron chi connectivity index (χ1n) is 7.35. The van der Waals surface area contributed by atoms with Gasteiger partial charge in [-0.2, -0.15) is 0 Å². The number of hydrogen-bond donors (Lipinski definition) is 0. The average Bonchev–Trinajstić information content (AvgIpc) is 3.06. The maximum Gasteiger partial charge on any atom is 0.127 e. The molecule has 4 nitrogen and oxygen atoms in total. The second-order valence-electron chi connectivity index (χ2n) is 5.65. The Morgan fingerprint density at radius 2 is 2.05 bits per heavy atom. The molecule has 5 heteroatoms. The molecule has 20 heavy (non-hydrogen) atoms. The van der Waals surface area contributed by atoms with Crippen molar-refractivity contribution in [2.45, 2.75) is 44.7 Å². The van der Waals surface area contributed by atoms with Crippen molar-refractivity contribution in [1.82, 2.24) is 19.4 Å². The maximum absolute atomic E-state index is 6.31. The summed E-state index contributed by atoms with van der Waals surface area (Å²) in [5.74, 6) is 0.945. The van der Waals surface area contributed by atoms with Crippen LogP contribution in [0.3, 0.4) is 0 Å². The van der Waals surface area contributed by atoms with Gasteiger partial charge in [-0.3, -0.25) is 9.88 Å². The minimum atomic E-state index is -0.0896. The summed E-state index contributed by atoms with van der Waals surface area (Å²) < 4.78 is 2.26. The highest BCUT2D eigenvalue weighted by Crippen LogP contribution is 2.25. The zero-order chi connectivity index (χ0) is 14.1. The van der Waals surface area contributed by atoms with Gasteiger partial charge in [0.25, 0.3) is 0 Å². The van der Waals surface area contributed by atoms with Crippen LogP contribution in [0, 0.1) is 0 Å².